The van der Waals surface area contributed by atoms with E-state index in [4.69, 9.17) is 4.74 Å². The normalized spacial score (nSPS) is 17.7. The second kappa shape index (κ2) is 7.00. The van der Waals surface area contributed by atoms with Crippen molar-refractivity contribution >= 4 is 17.4 Å². The number of fused-ring (bicyclic) bond motifs is 1. The van der Waals surface area contributed by atoms with Gasteiger partial charge in [-0.05, 0) is 6.07 Å². The molecule has 0 radical (unpaired) electrons. The lowest BCUT2D eigenvalue weighted by molar-refractivity contribution is 0.194. The van der Waals surface area contributed by atoms with E-state index in [1.54, 1.807) is 22.4 Å². The van der Waals surface area contributed by atoms with E-state index in [-0.39, 0.29) is 18.0 Å². The third kappa shape index (κ3) is 3.64. The molecule has 0 unspecified atom stereocenters. The second-order valence-corrected chi connectivity index (χ2v) is 6.76. The predicted molar refractivity (Wildman–Crippen MR) is 91.0 cm³/mol. The van der Waals surface area contributed by atoms with Crippen molar-refractivity contribution in [3.8, 4) is 5.75 Å². The number of amides is 2. The minimum Gasteiger partial charge on any atom is -0.493 e. The average Bonchev–Trinajstić information content (AvgIpc) is 3.09. The number of rotatable bonds is 4. The number of ether oxygens (including phenoxy) is 1. The molecule has 2 heterocycles. The molecule has 5 nitrogen and oxygen atoms in total. The largest absolute Gasteiger partial charge is 0.493 e. The Bertz CT molecular complexity index is 660. The number of likely N-dealkylation sites (N-methyl/N-ethyl adjacent to an activating group) is 1. The monoisotopic (exact) mass is 331 g/mol. The molecule has 1 aromatic heterocycles. The molecule has 3 rings (SSSR count). The zero-order chi connectivity index (χ0) is 16.2. The number of aromatic nitrogens is 1. The van der Waals surface area contributed by atoms with E-state index in [0.717, 1.165) is 22.7 Å². The van der Waals surface area contributed by atoms with Crippen molar-refractivity contribution < 1.29 is 9.53 Å². The zero-order valence-corrected chi connectivity index (χ0v) is 14.2. The lowest BCUT2D eigenvalue weighted by Gasteiger charge is -2.29. The lowest BCUT2D eigenvalue weighted by Crippen LogP contribution is -2.42. The summed E-state index contributed by atoms with van der Waals surface area (Å²) in [6, 6.07) is 7.82. The van der Waals surface area contributed by atoms with Crippen molar-refractivity contribution in [3.05, 3.63) is 46.4 Å². The topological polar surface area (TPSA) is 54.5 Å². The zero-order valence-electron chi connectivity index (χ0n) is 13.4. The highest BCUT2D eigenvalue weighted by Gasteiger charge is 2.24. The number of carbonyl (C=O) groups excluding carboxylic acids is 1. The first-order chi connectivity index (χ1) is 11.1. The third-order valence-electron chi connectivity index (χ3n) is 4.02. The van der Waals surface area contributed by atoms with E-state index in [2.05, 4.69) is 17.2 Å². The van der Waals surface area contributed by atoms with Crippen LogP contribution in [0, 0.1) is 0 Å². The van der Waals surface area contributed by atoms with Crippen molar-refractivity contribution in [1.82, 2.24) is 15.2 Å². The molecule has 0 bridgehead atoms. The molecule has 1 aromatic carbocycles. The van der Waals surface area contributed by atoms with Crippen LogP contribution in [-0.4, -0.2) is 36.1 Å². The summed E-state index contributed by atoms with van der Waals surface area (Å²) >= 11 is 1.63. The van der Waals surface area contributed by atoms with Crippen molar-refractivity contribution in [2.45, 2.75) is 25.3 Å². The van der Waals surface area contributed by atoms with Crippen LogP contribution in [0.3, 0.4) is 0 Å². The summed E-state index contributed by atoms with van der Waals surface area (Å²) in [5.74, 6) is 1.09. The quantitative estimate of drug-likeness (QED) is 0.934. The summed E-state index contributed by atoms with van der Waals surface area (Å²) in [4.78, 5) is 18.5. The molecule has 1 aliphatic heterocycles. The maximum Gasteiger partial charge on any atom is 0.317 e. The number of hydrogen-bond donors (Lipinski definition) is 1. The standard InChI is InChI=1S/C17H21N3O2S/c1-12(16-18-8-10-23-16)11-20(2)17(21)19-14-7-9-22-15-6-4-3-5-13(14)15/h3-6,8,10,12,14H,7,9,11H2,1-2H3,(H,19,21)/t12-,14+/m1/s1. The Labute approximate surface area is 140 Å². The van der Waals surface area contributed by atoms with Crippen LogP contribution in [0.4, 0.5) is 4.79 Å². The van der Waals surface area contributed by atoms with Crippen LogP contribution in [-0.2, 0) is 0 Å². The van der Waals surface area contributed by atoms with Gasteiger partial charge in [0.05, 0.1) is 17.7 Å². The molecule has 0 saturated heterocycles. The highest BCUT2D eigenvalue weighted by atomic mass is 32.1. The molecular weight excluding hydrogens is 310 g/mol. The fourth-order valence-electron chi connectivity index (χ4n) is 2.80. The first kappa shape index (κ1) is 15.8. The van der Waals surface area contributed by atoms with Crippen molar-refractivity contribution in [1.29, 1.82) is 0 Å². The number of nitrogens with zero attached hydrogens (tertiary/aromatic N) is 2. The molecule has 23 heavy (non-hydrogen) atoms. The van der Waals surface area contributed by atoms with Gasteiger partial charge < -0.3 is 15.0 Å². The van der Waals surface area contributed by atoms with Gasteiger partial charge in [-0.1, -0.05) is 25.1 Å². The number of hydrogen-bond acceptors (Lipinski definition) is 4. The van der Waals surface area contributed by atoms with Gasteiger partial charge in [0, 0.05) is 43.1 Å². The Morgan fingerprint density at radius 3 is 3.13 bits per heavy atom. The van der Waals surface area contributed by atoms with Gasteiger partial charge in [0.2, 0.25) is 0 Å². The lowest BCUT2D eigenvalue weighted by atomic mass is 10.0. The van der Waals surface area contributed by atoms with Crippen LogP contribution in [0.2, 0.25) is 0 Å². The maximum atomic E-state index is 12.5. The SMILES string of the molecule is C[C@H](CN(C)C(=O)N[C@H]1CCOc2ccccc21)c1nccs1. The van der Waals surface area contributed by atoms with E-state index >= 15 is 0 Å². The summed E-state index contributed by atoms with van der Waals surface area (Å²) in [5, 5.41) is 6.14. The summed E-state index contributed by atoms with van der Waals surface area (Å²) in [6.07, 6.45) is 2.59. The first-order valence-electron chi connectivity index (χ1n) is 7.78. The molecule has 122 valence electrons. The van der Waals surface area contributed by atoms with Crippen LogP contribution in [0.1, 0.15) is 35.9 Å². The summed E-state index contributed by atoms with van der Waals surface area (Å²) in [7, 11) is 1.82. The van der Waals surface area contributed by atoms with Gasteiger partial charge in [-0.15, -0.1) is 11.3 Å². The van der Waals surface area contributed by atoms with Crippen LogP contribution in [0.25, 0.3) is 0 Å². The van der Waals surface area contributed by atoms with Gasteiger partial charge in [0.25, 0.3) is 0 Å². The van der Waals surface area contributed by atoms with Crippen LogP contribution in [0.5, 0.6) is 5.75 Å². The summed E-state index contributed by atoms with van der Waals surface area (Å²) in [5.41, 5.74) is 1.05. The van der Waals surface area contributed by atoms with E-state index in [1.807, 2.05) is 36.7 Å². The van der Waals surface area contributed by atoms with Gasteiger partial charge in [-0.3, -0.25) is 0 Å². The number of benzene rings is 1. The Balaban J connectivity index is 1.61. The number of para-hydroxylation sites is 1. The van der Waals surface area contributed by atoms with Crippen LogP contribution < -0.4 is 10.1 Å². The third-order valence-corrected chi connectivity index (χ3v) is 5.03. The molecule has 2 aromatic rings. The van der Waals surface area contributed by atoms with Crippen molar-refractivity contribution in [2.75, 3.05) is 20.2 Å². The highest BCUT2D eigenvalue weighted by molar-refractivity contribution is 7.09. The maximum absolute atomic E-state index is 12.5. The first-order valence-corrected chi connectivity index (χ1v) is 8.66. The summed E-state index contributed by atoms with van der Waals surface area (Å²) < 4.78 is 5.64. The Morgan fingerprint density at radius 1 is 1.52 bits per heavy atom. The molecule has 2 atom stereocenters. The fourth-order valence-corrected chi connectivity index (χ4v) is 3.49. The van der Waals surface area contributed by atoms with E-state index in [0.29, 0.717) is 13.2 Å². The number of carbonyl (C=O) groups is 1. The van der Waals surface area contributed by atoms with E-state index in [9.17, 15) is 4.79 Å². The minimum atomic E-state index is -0.0601. The van der Waals surface area contributed by atoms with Gasteiger partial charge in [0.1, 0.15) is 5.75 Å². The minimum absolute atomic E-state index is 0.00469. The van der Waals surface area contributed by atoms with Gasteiger partial charge in [-0.2, -0.15) is 0 Å². The van der Waals surface area contributed by atoms with E-state index in [1.165, 1.54) is 0 Å². The fraction of sp³-hybridized carbons (Fsp3) is 0.412. The molecular formula is C17H21N3O2S. The molecule has 6 heteroatoms. The highest BCUT2D eigenvalue weighted by Crippen LogP contribution is 2.31. The number of nitrogens with one attached hydrogen (secondary N) is 1. The predicted octanol–water partition coefficient (Wildman–Crippen LogP) is 3.41. The van der Waals surface area contributed by atoms with Gasteiger partial charge in [-0.25, -0.2) is 9.78 Å². The Morgan fingerprint density at radius 2 is 2.35 bits per heavy atom. The number of thiazole rings is 1. The molecule has 2 amide bonds. The molecule has 0 saturated carbocycles. The molecule has 1 N–H and O–H groups in total. The molecule has 0 fully saturated rings. The molecule has 0 aliphatic carbocycles. The summed E-state index contributed by atoms with van der Waals surface area (Å²) in [6.45, 7) is 3.36. The average molecular weight is 331 g/mol. The van der Waals surface area contributed by atoms with Crippen LogP contribution >= 0.6 is 11.3 Å². The second-order valence-electron chi connectivity index (χ2n) is 5.83. The van der Waals surface area contributed by atoms with Crippen molar-refractivity contribution in [2.24, 2.45) is 0 Å². The van der Waals surface area contributed by atoms with Gasteiger partial charge >= 0.3 is 6.03 Å². The molecule has 1 aliphatic rings. The molecule has 0 spiro atoms. The van der Waals surface area contributed by atoms with E-state index < -0.39 is 0 Å². The Kier molecular flexibility index (Phi) is 4.81. The number of urea groups is 1. The smallest absolute Gasteiger partial charge is 0.317 e. The Hall–Kier alpha value is -2.08. The van der Waals surface area contributed by atoms with Gasteiger partial charge in [0.15, 0.2) is 0 Å². The van der Waals surface area contributed by atoms with Crippen LogP contribution in [0.15, 0.2) is 35.8 Å². The van der Waals surface area contributed by atoms with Crippen molar-refractivity contribution in [3.63, 3.8) is 0 Å².